The van der Waals surface area contributed by atoms with Crippen LogP contribution in [0.25, 0.3) is 11.1 Å². The monoisotopic (exact) mass is 424 g/mol. The van der Waals surface area contributed by atoms with E-state index in [1.807, 2.05) is 12.1 Å². The van der Waals surface area contributed by atoms with Crippen molar-refractivity contribution >= 4 is 23.3 Å². The van der Waals surface area contributed by atoms with Crippen molar-refractivity contribution < 1.29 is 9.68 Å². The van der Waals surface area contributed by atoms with Crippen molar-refractivity contribution in [3.8, 4) is 11.1 Å². The molecule has 0 fully saturated rings. The molecule has 8 heteroatoms. The number of nitrogens with zero attached hydrogens (tertiary/aromatic N) is 2. The smallest absolute Gasteiger partial charge is 0.235 e. The summed E-state index contributed by atoms with van der Waals surface area (Å²) in [7, 11) is 0. The van der Waals surface area contributed by atoms with E-state index in [2.05, 4.69) is 72.9 Å². The quantitative estimate of drug-likeness (QED) is 0.247. The first-order valence-electron chi connectivity index (χ1n) is 10.5. The largest absolute Gasteiger partial charge is 0.393 e. The minimum Gasteiger partial charge on any atom is -0.393 e. The zero-order valence-corrected chi connectivity index (χ0v) is 18.6. The fraction of sp³-hybridized carbons (Fsp3) is 0.391. The van der Waals surface area contributed by atoms with Crippen LogP contribution in [-0.4, -0.2) is 25.1 Å². The predicted octanol–water partition coefficient (Wildman–Crippen LogP) is 3.89. The summed E-state index contributed by atoms with van der Waals surface area (Å²) in [4.78, 5) is 10.4. The molecular weight excluding hydrogens is 392 g/mol. The van der Waals surface area contributed by atoms with Gasteiger partial charge in [-0.05, 0) is 75.1 Å². The Labute approximate surface area is 183 Å². The number of nitrogens with one attached hydrogen (secondary N) is 2. The van der Waals surface area contributed by atoms with E-state index < -0.39 is 0 Å². The Hall–Kier alpha value is -3.42. The maximum absolute atomic E-state index is 5.91. The van der Waals surface area contributed by atoms with Crippen molar-refractivity contribution in [3.05, 3.63) is 47.5 Å². The molecule has 0 aromatic heterocycles. The van der Waals surface area contributed by atoms with Gasteiger partial charge in [0.2, 0.25) is 11.9 Å². The molecule has 0 atom stereocenters. The Bertz CT molecular complexity index is 891. The van der Waals surface area contributed by atoms with Gasteiger partial charge in [-0.15, -0.1) is 0 Å². The highest BCUT2D eigenvalue weighted by atomic mass is 16.6. The van der Waals surface area contributed by atoms with Gasteiger partial charge in [0.05, 0.1) is 0 Å². The summed E-state index contributed by atoms with van der Waals surface area (Å²) in [5, 5.41) is 14.0. The molecule has 0 radical (unpaired) electrons. The van der Waals surface area contributed by atoms with E-state index in [4.69, 9.17) is 21.1 Å². The standard InChI is InChI=1S/C23H32N6O2/c1-14(2)12-30-28-22(24)26-18-5-7-20-16(10-18)9-17-11-19(6-8-21(17)20)27-23(25)29-31-13-15(3)4/h5-8,10-11,14-15H,9,12-13H2,1-4H3,(H3,24,26,28)(H3,25,27,29). The minimum absolute atomic E-state index is 0.233. The Morgan fingerprint density at radius 1 is 0.806 bits per heavy atom. The van der Waals surface area contributed by atoms with Gasteiger partial charge in [-0.3, -0.25) is 0 Å². The summed E-state index contributed by atoms with van der Waals surface area (Å²) in [6.45, 7) is 9.27. The lowest BCUT2D eigenvalue weighted by atomic mass is 10.1. The summed E-state index contributed by atoms with van der Waals surface area (Å²) in [5.41, 5.74) is 18.4. The van der Waals surface area contributed by atoms with Crippen LogP contribution in [0.3, 0.4) is 0 Å². The third-order valence-corrected chi connectivity index (χ3v) is 4.57. The predicted molar refractivity (Wildman–Crippen MR) is 127 cm³/mol. The Balaban J connectivity index is 1.65. The maximum Gasteiger partial charge on any atom is 0.235 e. The lowest BCUT2D eigenvalue weighted by Gasteiger charge is -2.09. The van der Waals surface area contributed by atoms with Gasteiger partial charge in [0.25, 0.3) is 0 Å². The Morgan fingerprint density at radius 3 is 1.61 bits per heavy atom. The number of guanidine groups is 2. The molecule has 2 aromatic carbocycles. The molecule has 0 spiro atoms. The molecule has 31 heavy (non-hydrogen) atoms. The fourth-order valence-corrected chi connectivity index (χ4v) is 3.22. The lowest BCUT2D eigenvalue weighted by Crippen LogP contribution is -2.23. The minimum atomic E-state index is 0.233. The van der Waals surface area contributed by atoms with Crippen LogP contribution in [-0.2, 0) is 16.1 Å². The molecule has 1 aliphatic carbocycles. The summed E-state index contributed by atoms with van der Waals surface area (Å²) in [5.74, 6) is 1.25. The highest BCUT2D eigenvalue weighted by molar-refractivity contribution is 5.94. The van der Waals surface area contributed by atoms with E-state index in [0.717, 1.165) is 17.8 Å². The number of nitrogens with two attached hydrogens (primary N) is 2. The molecule has 8 nitrogen and oxygen atoms in total. The number of oxime groups is 2. The number of benzene rings is 2. The zero-order chi connectivity index (χ0) is 22.4. The SMILES string of the molecule is CC(C)CON=C(N)Nc1ccc2c(c1)Cc1cc(NC(N)=NOCC(C)C)ccc1-2. The van der Waals surface area contributed by atoms with Gasteiger partial charge in [0.15, 0.2) is 0 Å². The molecule has 0 saturated carbocycles. The summed E-state index contributed by atoms with van der Waals surface area (Å²) < 4.78 is 0. The van der Waals surface area contributed by atoms with Crippen LogP contribution >= 0.6 is 0 Å². The molecule has 0 unspecified atom stereocenters. The normalized spacial score (nSPS) is 13.2. The van der Waals surface area contributed by atoms with E-state index in [0.29, 0.717) is 25.0 Å². The molecule has 0 saturated heterocycles. The molecular formula is C23H32N6O2. The summed E-state index contributed by atoms with van der Waals surface area (Å²) >= 11 is 0. The number of hydrogen-bond donors (Lipinski definition) is 4. The van der Waals surface area contributed by atoms with Crippen molar-refractivity contribution in [1.29, 1.82) is 0 Å². The van der Waals surface area contributed by atoms with Crippen LogP contribution in [0.15, 0.2) is 46.7 Å². The van der Waals surface area contributed by atoms with E-state index >= 15 is 0 Å². The zero-order valence-electron chi connectivity index (χ0n) is 18.6. The maximum atomic E-state index is 5.91. The molecule has 6 N–H and O–H groups in total. The second kappa shape index (κ2) is 10.1. The molecule has 0 heterocycles. The summed E-state index contributed by atoms with van der Waals surface area (Å²) in [6, 6.07) is 12.3. The van der Waals surface area contributed by atoms with Gasteiger partial charge in [0.1, 0.15) is 13.2 Å². The Morgan fingerprint density at radius 2 is 1.23 bits per heavy atom. The van der Waals surface area contributed by atoms with Crippen LogP contribution in [0.2, 0.25) is 0 Å². The van der Waals surface area contributed by atoms with Crippen LogP contribution in [0.5, 0.6) is 0 Å². The molecule has 0 aliphatic heterocycles. The van der Waals surface area contributed by atoms with Gasteiger partial charge in [-0.1, -0.05) is 39.8 Å². The van der Waals surface area contributed by atoms with E-state index in [9.17, 15) is 0 Å². The van der Waals surface area contributed by atoms with Gasteiger partial charge in [0, 0.05) is 11.4 Å². The first kappa shape index (κ1) is 22.3. The second-order valence-electron chi connectivity index (χ2n) is 8.50. The van der Waals surface area contributed by atoms with Crippen molar-refractivity contribution in [2.45, 2.75) is 34.1 Å². The highest BCUT2D eigenvalue weighted by Crippen LogP contribution is 2.39. The van der Waals surface area contributed by atoms with Crippen molar-refractivity contribution in [2.24, 2.45) is 33.6 Å². The third kappa shape index (κ3) is 6.28. The number of rotatable bonds is 8. The molecule has 1 aliphatic rings. The van der Waals surface area contributed by atoms with Crippen molar-refractivity contribution in [3.63, 3.8) is 0 Å². The third-order valence-electron chi connectivity index (χ3n) is 4.57. The first-order valence-corrected chi connectivity index (χ1v) is 10.5. The van der Waals surface area contributed by atoms with E-state index in [1.54, 1.807) is 0 Å². The second-order valence-corrected chi connectivity index (χ2v) is 8.50. The first-order chi connectivity index (χ1) is 14.8. The molecule has 3 rings (SSSR count). The van der Waals surface area contributed by atoms with Crippen LogP contribution in [0.4, 0.5) is 11.4 Å². The van der Waals surface area contributed by atoms with Crippen LogP contribution in [0, 0.1) is 11.8 Å². The average molecular weight is 425 g/mol. The number of anilines is 2. The lowest BCUT2D eigenvalue weighted by molar-refractivity contribution is 0.118. The van der Waals surface area contributed by atoms with Crippen LogP contribution < -0.4 is 22.1 Å². The Kier molecular flexibility index (Phi) is 7.23. The average Bonchev–Trinajstić information content (AvgIpc) is 3.04. The van der Waals surface area contributed by atoms with Gasteiger partial charge in [-0.2, -0.15) is 0 Å². The van der Waals surface area contributed by atoms with Gasteiger partial charge < -0.3 is 31.8 Å². The fourth-order valence-electron chi connectivity index (χ4n) is 3.22. The number of hydrogen-bond acceptors (Lipinski definition) is 4. The molecule has 0 amide bonds. The van der Waals surface area contributed by atoms with Gasteiger partial charge in [-0.25, -0.2) is 0 Å². The summed E-state index contributed by atoms with van der Waals surface area (Å²) in [6.07, 6.45) is 0.817. The van der Waals surface area contributed by atoms with Crippen molar-refractivity contribution in [1.82, 2.24) is 0 Å². The van der Waals surface area contributed by atoms with Crippen molar-refractivity contribution in [2.75, 3.05) is 23.8 Å². The number of fused-ring (bicyclic) bond motifs is 3. The molecule has 0 bridgehead atoms. The topological polar surface area (TPSA) is 119 Å². The van der Waals surface area contributed by atoms with Crippen LogP contribution in [0.1, 0.15) is 38.8 Å². The van der Waals surface area contributed by atoms with Gasteiger partial charge >= 0.3 is 0 Å². The molecule has 166 valence electrons. The van der Waals surface area contributed by atoms with E-state index in [1.165, 1.54) is 22.3 Å². The molecule has 2 aromatic rings. The van der Waals surface area contributed by atoms with E-state index in [-0.39, 0.29) is 11.9 Å². The highest BCUT2D eigenvalue weighted by Gasteiger charge is 2.19.